The van der Waals surface area contributed by atoms with Crippen molar-refractivity contribution in [2.45, 2.75) is 25.7 Å². The largest absolute Gasteiger partial charge is 0.395 e. The zero-order chi connectivity index (χ0) is 20.3. The average molecular weight is 403 g/mol. The summed E-state index contributed by atoms with van der Waals surface area (Å²) in [4.78, 5) is 9.70. The van der Waals surface area contributed by atoms with Crippen LogP contribution in [-0.4, -0.2) is 54.3 Å². The molecule has 1 aliphatic carbocycles. The number of piperazine rings is 1. The average Bonchev–Trinajstić information content (AvgIpc) is 2.80. The maximum absolute atomic E-state index is 9.13. The standard InChI is InChI=1S/C25H30N4O/c30-18-17-28-13-15-29(16-14-28)20-11-9-19(10-12-20)26-25-21-5-1-3-7-23(21)27-24-8-4-2-6-22(24)25/h1,3,5,7,9-12,30H,2,4,6,8,13-18H2,(H,26,27). The van der Waals surface area contributed by atoms with Crippen LogP contribution >= 0.6 is 0 Å². The van der Waals surface area contributed by atoms with Crippen molar-refractivity contribution in [2.24, 2.45) is 0 Å². The molecular formula is C25H30N4O. The van der Waals surface area contributed by atoms with Crippen LogP contribution in [0.15, 0.2) is 48.5 Å². The third-order valence-electron chi connectivity index (χ3n) is 6.46. The molecule has 5 nitrogen and oxygen atoms in total. The molecule has 2 N–H and O–H groups in total. The number of para-hydroxylation sites is 1. The zero-order valence-corrected chi connectivity index (χ0v) is 17.5. The number of aliphatic hydroxyl groups excluding tert-OH is 1. The SMILES string of the molecule is OCCN1CCN(c2ccc(Nc3c4c(nc5ccccc35)CCCC4)cc2)CC1. The Kier molecular flexibility index (Phi) is 5.56. The van der Waals surface area contributed by atoms with Gasteiger partial charge in [0.2, 0.25) is 0 Å². The van der Waals surface area contributed by atoms with E-state index in [9.17, 15) is 0 Å². The molecule has 1 aromatic heterocycles. The summed E-state index contributed by atoms with van der Waals surface area (Å²) in [7, 11) is 0. The maximum atomic E-state index is 9.13. The molecule has 1 aliphatic heterocycles. The minimum atomic E-state index is 0.244. The van der Waals surface area contributed by atoms with E-state index in [0.717, 1.165) is 56.8 Å². The third kappa shape index (κ3) is 3.87. The topological polar surface area (TPSA) is 51.6 Å². The second-order valence-electron chi connectivity index (χ2n) is 8.36. The summed E-state index contributed by atoms with van der Waals surface area (Å²) >= 11 is 0. The number of hydrogen-bond donors (Lipinski definition) is 2. The molecule has 0 radical (unpaired) electrons. The molecule has 5 heteroatoms. The number of anilines is 3. The lowest BCUT2D eigenvalue weighted by Gasteiger charge is -2.35. The second kappa shape index (κ2) is 8.62. The minimum absolute atomic E-state index is 0.244. The molecule has 2 aromatic carbocycles. The molecule has 0 spiro atoms. The third-order valence-corrected chi connectivity index (χ3v) is 6.46. The molecule has 0 amide bonds. The number of pyridine rings is 1. The van der Waals surface area contributed by atoms with Gasteiger partial charge in [0.05, 0.1) is 17.8 Å². The maximum Gasteiger partial charge on any atom is 0.0726 e. The van der Waals surface area contributed by atoms with Crippen LogP contribution in [0.25, 0.3) is 10.9 Å². The van der Waals surface area contributed by atoms with E-state index >= 15 is 0 Å². The lowest BCUT2D eigenvalue weighted by molar-refractivity contribution is 0.189. The molecule has 0 saturated carbocycles. The summed E-state index contributed by atoms with van der Waals surface area (Å²) in [5.41, 5.74) is 7.37. The van der Waals surface area contributed by atoms with Gasteiger partial charge in [-0.2, -0.15) is 0 Å². The number of benzene rings is 2. The van der Waals surface area contributed by atoms with E-state index in [0.29, 0.717) is 0 Å². The molecule has 156 valence electrons. The fraction of sp³-hybridized carbons (Fsp3) is 0.400. The van der Waals surface area contributed by atoms with Crippen molar-refractivity contribution in [3.8, 4) is 0 Å². The van der Waals surface area contributed by atoms with Gasteiger partial charge in [0.15, 0.2) is 0 Å². The van der Waals surface area contributed by atoms with Gasteiger partial charge in [-0.3, -0.25) is 9.88 Å². The number of rotatable bonds is 5. The molecule has 5 rings (SSSR count). The Labute approximate surface area is 178 Å². The molecule has 0 unspecified atom stereocenters. The van der Waals surface area contributed by atoms with E-state index in [1.165, 1.54) is 40.9 Å². The van der Waals surface area contributed by atoms with Crippen LogP contribution < -0.4 is 10.2 Å². The van der Waals surface area contributed by atoms with E-state index in [1.54, 1.807) is 0 Å². The van der Waals surface area contributed by atoms with Crippen molar-refractivity contribution in [3.63, 3.8) is 0 Å². The van der Waals surface area contributed by atoms with Crippen molar-refractivity contribution < 1.29 is 5.11 Å². The zero-order valence-electron chi connectivity index (χ0n) is 17.5. The lowest BCUT2D eigenvalue weighted by Crippen LogP contribution is -2.47. The number of nitrogens with zero attached hydrogens (tertiary/aromatic N) is 3. The fourth-order valence-electron chi connectivity index (χ4n) is 4.79. The van der Waals surface area contributed by atoms with Gasteiger partial charge in [0.1, 0.15) is 0 Å². The van der Waals surface area contributed by atoms with E-state index < -0.39 is 0 Å². The van der Waals surface area contributed by atoms with Crippen LogP contribution in [0.2, 0.25) is 0 Å². The van der Waals surface area contributed by atoms with Crippen molar-refractivity contribution in [1.82, 2.24) is 9.88 Å². The molecule has 3 aromatic rings. The van der Waals surface area contributed by atoms with Gasteiger partial charge in [0.25, 0.3) is 0 Å². The Morgan fingerprint density at radius 3 is 2.47 bits per heavy atom. The van der Waals surface area contributed by atoms with Crippen molar-refractivity contribution in [1.29, 1.82) is 0 Å². The first kappa shape index (κ1) is 19.3. The van der Waals surface area contributed by atoms with Crippen molar-refractivity contribution in [2.75, 3.05) is 49.5 Å². The number of aryl methyl sites for hydroxylation is 1. The van der Waals surface area contributed by atoms with Gasteiger partial charge in [-0.15, -0.1) is 0 Å². The van der Waals surface area contributed by atoms with Gasteiger partial charge in [-0.1, -0.05) is 18.2 Å². The highest BCUT2D eigenvalue weighted by Crippen LogP contribution is 2.35. The lowest BCUT2D eigenvalue weighted by atomic mass is 9.92. The van der Waals surface area contributed by atoms with Crippen LogP contribution in [0.1, 0.15) is 24.1 Å². The number of nitrogens with one attached hydrogen (secondary N) is 1. The van der Waals surface area contributed by atoms with Gasteiger partial charge in [-0.25, -0.2) is 0 Å². The fourth-order valence-corrected chi connectivity index (χ4v) is 4.79. The summed E-state index contributed by atoms with van der Waals surface area (Å²) in [6.45, 7) is 5.06. The van der Waals surface area contributed by atoms with E-state index in [2.05, 4.69) is 63.6 Å². The number of aromatic nitrogens is 1. The summed E-state index contributed by atoms with van der Waals surface area (Å²) in [6.07, 6.45) is 4.66. The molecule has 1 saturated heterocycles. The van der Waals surface area contributed by atoms with E-state index in [-0.39, 0.29) is 6.61 Å². The number of fused-ring (bicyclic) bond motifs is 2. The van der Waals surface area contributed by atoms with Crippen molar-refractivity contribution in [3.05, 3.63) is 59.8 Å². The predicted octanol–water partition coefficient (Wildman–Crippen LogP) is 3.97. The molecule has 2 aliphatic rings. The minimum Gasteiger partial charge on any atom is -0.395 e. The van der Waals surface area contributed by atoms with Crippen LogP contribution in [0.4, 0.5) is 17.1 Å². The molecule has 0 bridgehead atoms. The quantitative estimate of drug-likeness (QED) is 0.676. The van der Waals surface area contributed by atoms with E-state index in [4.69, 9.17) is 10.1 Å². The van der Waals surface area contributed by atoms with Gasteiger partial charge < -0.3 is 15.3 Å². The van der Waals surface area contributed by atoms with E-state index in [1.807, 2.05) is 0 Å². The molecule has 30 heavy (non-hydrogen) atoms. The Hall–Kier alpha value is -2.63. The molecule has 0 atom stereocenters. The molecule has 2 heterocycles. The normalized spacial score (nSPS) is 17.2. The van der Waals surface area contributed by atoms with Crippen LogP contribution in [-0.2, 0) is 12.8 Å². The van der Waals surface area contributed by atoms with Gasteiger partial charge >= 0.3 is 0 Å². The first-order valence-electron chi connectivity index (χ1n) is 11.2. The molecular weight excluding hydrogens is 372 g/mol. The number of aliphatic hydroxyl groups is 1. The number of hydrogen-bond acceptors (Lipinski definition) is 5. The molecule has 1 fully saturated rings. The van der Waals surface area contributed by atoms with Crippen molar-refractivity contribution >= 4 is 28.0 Å². The summed E-state index contributed by atoms with van der Waals surface area (Å²) in [5.74, 6) is 0. The first-order chi connectivity index (χ1) is 14.8. The van der Waals surface area contributed by atoms with Crippen LogP contribution in [0.3, 0.4) is 0 Å². The van der Waals surface area contributed by atoms with Gasteiger partial charge in [-0.05, 0) is 61.6 Å². The highest BCUT2D eigenvalue weighted by atomic mass is 16.3. The Bertz CT molecular complexity index is 1010. The highest BCUT2D eigenvalue weighted by molar-refractivity contribution is 5.95. The summed E-state index contributed by atoms with van der Waals surface area (Å²) in [5, 5.41) is 14.1. The second-order valence-corrected chi connectivity index (χ2v) is 8.36. The first-order valence-corrected chi connectivity index (χ1v) is 11.2. The Morgan fingerprint density at radius 1 is 0.900 bits per heavy atom. The number of β-amino-alcohol motifs (C(OH)–C–C–N with tert-alkyl or cyclic N) is 1. The Balaban J connectivity index is 1.37. The highest BCUT2D eigenvalue weighted by Gasteiger charge is 2.19. The summed E-state index contributed by atoms with van der Waals surface area (Å²) in [6, 6.07) is 17.3. The van der Waals surface area contributed by atoms with Crippen LogP contribution in [0, 0.1) is 0 Å². The monoisotopic (exact) mass is 402 g/mol. The predicted molar refractivity (Wildman–Crippen MR) is 124 cm³/mol. The van der Waals surface area contributed by atoms with Crippen LogP contribution in [0.5, 0.6) is 0 Å². The van der Waals surface area contributed by atoms with Gasteiger partial charge in [0, 0.05) is 55.2 Å². The Morgan fingerprint density at radius 2 is 1.67 bits per heavy atom. The summed E-state index contributed by atoms with van der Waals surface area (Å²) < 4.78 is 0. The smallest absolute Gasteiger partial charge is 0.0726 e.